The molecule has 1 N–H and O–H groups in total. The van der Waals surface area contributed by atoms with Gasteiger partial charge in [-0.05, 0) is 42.4 Å². The van der Waals surface area contributed by atoms with Gasteiger partial charge in [-0.1, -0.05) is 48.5 Å². The fourth-order valence-electron chi connectivity index (χ4n) is 4.28. The van der Waals surface area contributed by atoms with Gasteiger partial charge in [0.2, 0.25) is 0 Å². The third kappa shape index (κ3) is 4.48. The number of imidazole rings is 1. The van der Waals surface area contributed by atoms with Crippen LogP contribution in [-0.4, -0.2) is 41.6 Å². The van der Waals surface area contributed by atoms with E-state index in [0.717, 1.165) is 16.2 Å². The van der Waals surface area contributed by atoms with Gasteiger partial charge in [0.25, 0.3) is 0 Å². The highest BCUT2D eigenvalue weighted by Gasteiger charge is 2.30. The Balaban J connectivity index is 1.46. The highest BCUT2D eigenvalue weighted by atomic mass is 32.2. The van der Waals surface area contributed by atoms with Crippen molar-refractivity contribution in [2.45, 2.75) is 36.9 Å². The van der Waals surface area contributed by atoms with E-state index in [2.05, 4.69) is 34.6 Å². The standard InChI is InChI=1S/C25H27N3O4S/c1-15(23-27-22(33-4)13-28(23)16(2)24(29)31-3)26-25(30)32-14-21-19-11-7-5-9-17(19)18-10-6-8-12-20(18)21/h5-13,15-16,21H,14H2,1-4H3,(H,26,30)/t15-,16-/m0/s1. The van der Waals surface area contributed by atoms with Gasteiger partial charge in [0, 0.05) is 12.1 Å². The van der Waals surface area contributed by atoms with Crippen LogP contribution >= 0.6 is 11.8 Å². The van der Waals surface area contributed by atoms with Crippen molar-refractivity contribution >= 4 is 23.8 Å². The number of carbonyl (C=O) groups is 2. The Bertz CT molecular complexity index is 1130. The van der Waals surface area contributed by atoms with Crippen LogP contribution in [0.2, 0.25) is 0 Å². The summed E-state index contributed by atoms with van der Waals surface area (Å²) in [6, 6.07) is 15.4. The third-order valence-corrected chi connectivity index (χ3v) is 6.59. The summed E-state index contributed by atoms with van der Waals surface area (Å²) in [5.41, 5.74) is 4.68. The van der Waals surface area contributed by atoms with Crippen molar-refractivity contribution in [2.75, 3.05) is 20.0 Å². The number of nitrogens with one attached hydrogen (secondary N) is 1. The van der Waals surface area contributed by atoms with E-state index >= 15 is 0 Å². The summed E-state index contributed by atoms with van der Waals surface area (Å²) in [5.74, 6) is 0.170. The van der Waals surface area contributed by atoms with Crippen LogP contribution in [0.25, 0.3) is 11.1 Å². The molecule has 7 nitrogen and oxygen atoms in total. The molecule has 0 saturated heterocycles. The number of amides is 1. The number of benzene rings is 2. The number of thioether (sulfide) groups is 1. The number of hydrogen-bond acceptors (Lipinski definition) is 6. The number of rotatable bonds is 7. The average Bonchev–Trinajstić information content (AvgIpc) is 3.41. The topological polar surface area (TPSA) is 82.5 Å². The Morgan fingerprint density at radius 1 is 1.09 bits per heavy atom. The molecule has 8 heteroatoms. The minimum absolute atomic E-state index is 0.0112. The van der Waals surface area contributed by atoms with Gasteiger partial charge < -0.3 is 19.4 Å². The summed E-state index contributed by atoms with van der Waals surface area (Å²) in [6.07, 6.45) is 3.16. The van der Waals surface area contributed by atoms with Crippen molar-refractivity contribution in [3.05, 3.63) is 71.7 Å². The summed E-state index contributed by atoms with van der Waals surface area (Å²) in [6.45, 7) is 3.78. The molecule has 0 aliphatic heterocycles. The maximum absolute atomic E-state index is 12.7. The van der Waals surface area contributed by atoms with Gasteiger partial charge in [-0.2, -0.15) is 0 Å². The molecular formula is C25H27N3O4S. The van der Waals surface area contributed by atoms with Gasteiger partial charge in [0.15, 0.2) is 0 Å². The largest absolute Gasteiger partial charge is 0.467 e. The molecular weight excluding hydrogens is 438 g/mol. The van der Waals surface area contributed by atoms with Crippen LogP contribution < -0.4 is 5.32 Å². The first-order valence-corrected chi connectivity index (χ1v) is 12.0. The number of nitrogens with zero attached hydrogens (tertiary/aromatic N) is 2. The second-order valence-electron chi connectivity index (χ2n) is 7.94. The Morgan fingerprint density at radius 3 is 2.27 bits per heavy atom. The lowest BCUT2D eigenvalue weighted by Crippen LogP contribution is -2.31. The SMILES string of the molecule is COC(=O)[C@H](C)n1cc(SC)nc1[C@H](C)NC(=O)OCC1c2ccccc2-c2ccccc21. The molecule has 0 bridgehead atoms. The van der Waals surface area contributed by atoms with E-state index in [1.165, 1.54) is 30.0 Å². The highest BCUT2D eigenvalue weighted by Crippen LogP contribution is 2.44. The zero-order valence-corrected chi connectivity index (χ0v) is 19.9. The lowest BCUT2D eigenvalue weighted by molar-refractivity contribution is -0.144. The maximum Gasteiger partial charge on any atom is 0.407 e. The van der Waals surface area contributed by atoms with Gasteiger partial charge >= 0.3 is 12.1 Å². The molecule has 2 atom stereocenters. The monoisotopic (exact) mass is 465 g/mol. The molecule has 0 unspecified atom stereocenters. The normalized spacial score (nSPS) is 14.2. The molecule has 0 spiro atoms. The third-order valence-electron chi connectivity index (χ3n) is 5.97. The minimum atomic E-state index is -0.565. The van der Waals surface area contributed by atoms with E-state index < -0.39 is 18.2 Å². The summed E-state index contributed by atoms with van der Waals surface area (Å²) < 4.78 is 12.2. The Morgan fingerprint density at radius 2 is 1.70 bits per heavy atom. The fraction of sp³-hybridized carbons (Fsp3) is 0.320. The molecule has 2 aromatic carbocycles. The Kier molecular flexibility index (Phi) is 6.74. The lowest BCUT2D eigenvalue weighted by atomic mass is 9.98. The van der Waals surface area contributed by atoms with E-state index in [-0.39, 0.29) is 18.5 Å². The molecule has 3 aromatic rings. The molecule has 1 aromatic heterocycles. The summed E-state index contributed by atoms with van der Waals surface area (Å²) in [7, 11) is 1.35. The minimum Gasteiger partial charge on any atom is -0.467 e. The highest BCUT2D eigenvalue weighted by molar-refractivity contribution is 7.98. The zero-order chi connectivity index (χ0) is 23.5. The molecule has 1 amide bonds. The average molecular weight is 466 g/mol. The number of carbonyl (C=O) groups excluding carboxylic acids is 2. The van der Waals surface area contributed by atoms with Crippen LogP contribution in [0.4, 0.5) is 4.79 Å². The van der Waals surface area contributed by atoms with E-state index in [1.54, 1.807) is 17.7 Å². The number of esters is 1. The maximum atomic E-state index is 12.7. The smallest absolute Gasteiger partial charge is 0.407 e. The van der Waals surface area contributed by atoms with Crippen molar-refractivity contribution < 1.29 is 19.1 Å². The molecule has 0 saturated carbocycles. The first-order chi connectivity index (χ1) is 15.9. The van der Waals surface area contributed by atoms with E-state index in [1.807, 2.05) is 37.4 Å². The fourth-order valence-corrected chi connectivity index (χ4v) is 4.68. The predicted molar refractivity (Wildman–Crippen MR) is 127 cm³/mol. The lowest BCUT2D eigenvalue weighted by Gasteiger charge is -2.19. The van der Waals surface area contributed by atoms with Crippen molar-refractivity contribution in [3.8, 4) is 11.1 Å². The first-order valence-electron chi connectivity index (χ1n) is 10.8. The molecule has 1 heterocycles. The molecule has 33 heavy (non-hydrogen) atoms. The molecule has 1 aliphatic carbocycles. The second kappa shape index (κ2) is 9.70. The van der Waals surface area contributed by atoms with Crippen molar-refractivity contribution in [2.24, 2.45) is 0 Å². The van der Waals surface area contributed by atoms with E-state index in [9.17, 15) is 9.59 Å². The number of aromatic nitrogens is 2. The van der Waals surface area contributed by atoms with Crippen LogP contribution in [0.1, 0.15) is 48.8 Å². The van der Waals surface area contributed by atoms with Gasteiger partial charge in [-0.25, -0.2) is 14.6 Å². The Hall–Kier alpha value is -3.26. The zero-order valence-electron chi connectivity index (χ0n) is 19.1. The van der Waals surface area contributed by atoms with Gasteiger partial charge in [-0.15, -0.1) is 11.8 Å². The van der Waals surface area contributed by atoms with E-state index in [0.29, 0.717) is 5.82 Å². The molecule has 0 radical (unpaired) electrons. The summed E-state index contributed by atoms with van der Waals surface area (Å²) in [4.78, 5) is 29.3. The number of hydrogen-bond donors (Lipinski definition) is 1. The van der Waals surface area contributed by atoms with E-state index in [4.69, 9.17) is 9.47 Å². The van der Waals surface area contributed by atoms with Gasteiger partial charge in [-0.3, -0.25) is 0 Å². The van der Waals surface area contributed by atoms with Crippen LogP contribution in [0.5, 0.6) is 0 Å². The number of methoxy groups -OCH3 is 1. The van der Waals surface area contributed by atoms with Gasteiger partial charge in [0.1, 0.15) is 23.5 Å². The van der Waals surface area contributed by atoms with Crippen molar-refractivity contribution in [1.29, 1.82) is 0 Å². The van der Waals surface area contributed by atoms with Crippen LogP contribution in [0, 0.1) is 0 Å². The molecule has 172 valence electrons. The van der Waals surface area contributed by atoms with Crippen molar-refractivity contribution in [1.82, 2.24) is 14.9 Å². The van der Waals surface area contributed by atoms with Crippen LogP contribution in [0.15, 0.2) is 59.8 Å². The van der Waals surface area contributed by atoms with Crippen LogP contribution in [-0.2, 0) is 14.3 Å². The number of ether oxygens (including phenoxy) is 2. The predicted octanol–water partition coefficient (Wildman–Crippen LogP) is 4.94. The second-order valence-corrected chi connectivity index (χ2v) is 8.77. The summed E-state index contributed by atoms with van der Waals surface area (Å²) in [5, 5.41) is 3.60. The Labute approximate surface area is 197 Å². The molecule has 1 aliphatic rings. The van der Waals surface area contributed by atoms with Crippen LogP contribution in [0.3, 0.4) is 0 Å². The van der Waals surface area contributed by atoms with Crippen molar-refractivity contribution in [3.63, 3.8) is 0 Å². The number of alkyl carbamates (subject to hydrolysis) is 1. The van der Waals surface area contributed by atoms with Gasteiger partial charge in [0.05, 0.1) is 13.2 Å². The first kappa shape index (κ1) is 22.9. The quantitative estimate of drug-likeness (QED) is 0.393. The molecule has 0 fully saturated rings. The molecule has 4 rings (SSSR count). The summed E-state index contributed by atoms with van der Waals surface area (Å²) >= 11 is 1.46. The number of fused-ring (bicyclic) bond motifs is 3.